The minimum absolute atomic E-state index is 0.0712. The van der Waals surface area contributed by atoms with Gasteiger partial charge in [0.2, 0.25) is 0 Å². The summed E-state index contributed by atoms with van der Waals surface area (Å²) in [5, 5.41) is 4.20. The molecule has 1 saturated heterocycles. The fraction of sp³-hybridized carbons (Fsp3) is 0.227. The first-order valence-corrected chi connectivity index (χ1v) is 9.52. The molecule has 3 aromatic rings. The van der Waals surface area contributed by atoms with Gasteiger partial charge in [-0.3, -0.25) is 9.59 Å². The summed E-state index contributed by atoms with van der Waals surface area (Å²) in [6, 6.07) is 14.8. The third-order valence-electron chi connectivity index (χ3n) is 5.24. The number of piperidine rings is 1. The molecule has 1 aromatic heterocycles. The maximum absolute atomic E-state index is 13.2. The number of carbonyl (C=O) groups excluding carboxylic acids is 2. The Labute approximate surface area is 167 Å². The lowest BCUT2D eigenvalue weighted by Gasteiger charge is -2.32. The molecule has 2 N–H and O–H groups in total. The van der Waals surface area contributed by atoms with E-state index in [9.17, 15) is 14.0 Å². The largest absolute Gasteiger partial charge is 0.383 e. The number of nitrogens with zero attached hydrogens (tertiary/aromatic N) is 3. The van der Waals surface area contributed by atoms with Crippen LogP contribution in [0.3, 0.4) is 0 Å². The minimum Gasteiger partial charge on any atom is -0.383 e. The van der Waals surface area contributed by atoms with E-state index < -0.39 is 0 Å². The van der Waals surface area contributed by atoms with Crippen molar-refractivity contribution < 1.29 is 14.0 Å². The predicted octanol–water partition coefficient (Wildman–Crippen LogP) is 3.33. The number of ketones is 1. The summed E-state index contributed by atoms with van der Waals surface area (Å²) < 4.78 is 14.6. The zero-order valence-electron chi connectivity index (χ0n) is 15.8. The maximum atomic E-state index is 13.2. The summed E-state index contributed by atoms with van der Waals surface area (Å²) in [4.78, 5) is 27.5. The Morgan fingerprint density at radius 3 is 2.52 bits per heavy atom. The Morgan fingerprint density at radius 2 is 1.79 bits per heavy atom. The Morgan fingerprint density at radius 1 is 1.07 bits per heavy atom. The van der Waals surface area contributed by atoms with E-state index in [1.807, 2.05) is 18.2 Å². The lowest BCUT2D eigenvalue weighted by molar-refractivity contribution is 0.0637. The SMILES string of the molecule is Nc1c(C(=O)C2CCCN(C(=O)c3ccccc3)C2)cnn1-c1ccc(F)cc1. The van der Waals surface area contributed by atoms with Crippen molar-refractivity contribution in [2.45, 2.75) is 12.8 Å². The van der Waals surface area contributed by atoms with Gasteiger partial charge >= 0.3 is 0 Å². The van der Waals surface area contributed by atoms with Crippen LogP contribution in [0.5, 0.6) is 0 Å². The number of aromatic nitrogens is 2. The van der Waals surface area contributed by atoms with Crippen molar-refractivity contribution in [3.63, 3.8) is 0 Å². The smallest absolute Gasteiger partial charge is 0.253 e. The Balaban J connectivity index is 1.52. The molecular weight excluding hydrogens is 371 g/mol. The fourth-order valence-corrected chi connectivity index (χ4v) is 3.69. The third kappa shape index (κ3) is 3.76. The average molecular weight is 392 g/mol. The number of likely N-dealkylation sites (tertiary alicyclic amines) is 1. The van der Waals surface area contributed by atoms with E-state index in [0.717, 1.165) is 6.42 Å². The lowest BCUT2D eigenvalue weighted by atomic mass is 9.90. The summed E-state index contributed by atoms with van der Waals surface area (Å²) in [6.07, 6.45) is 2.89. The lowest BCUT2D eigenvalue weighted by Crippen LogP contribution is -2.42. The molecule has 6 nitrogen and oxygen atoms in total. The molecule has 1 aliphatic heterocycles. The molecule has 0 saturated carbocycles. The van der Waals surface area contributed by atoms with Gasteiger partial charge in [0.05, 0.1) is 17.4 Å². The van der Waals surface area contributed by atoms with Crippen molar-refractivity contribution in [1.29, 1.82) is 0 Å². The Bertz CT molecular complexity index is 1030. The second-order valence-corrected chi connectivity index (χ2v) is 7.15. The number of benzene rings is 2. The topological polar surface area (TPSA) is 81.2 Å². The number of nitrogens with two attached hydrogens (primary N) is 1. The van der Waals surface area contributed by atoms with Crippen LogP contribution in [0, 0.1) is 11.7 Å². The van der Waals surface area contributed by atoms with Crippen LogP contribution in [-0.2, 0) is 0 Å². The van der Waals surface area contributed by atoms with Crippen molar-refractivity contribution in [3.8, 4) is 5.69 Å². The molecule has 0 spiro atoms. The van der Waals surface area contributed by atoms with Gasteiger partial charge in [0.1, 0.15) is 11.6 Å². The van der Waals surface area contributed by atoms with Crippen LogP contribution in [-0.4, -0.2) is 39.5 Å². The van der Waals surface area contributed by atoms with Crippen molar-refractivity contribution in [3.05, 3.63) is 77.7 Å². The summed E-state index contributed by atoms with van der Waals surface area (Å²) in [6.45, 7) is 0.982. The number of hydrogen-bond acceptors (Lipinski definition) is 4. The zero-order chi connectivity index (χ0) is 20.4. The quantitative estimate of drug-likeness (QED) is 0.691. The molecule has 2 aromatic carbocycles. The number of carbonyl (C=O) groups is 2. The van der Waals surface area contributed by atoms with E-state index in [-0.39, 0.29) is 29.2 Å². The highest BCUT2D eigenvalue weighted by Crippen LogP contribution is 2.26. The van der Waals surface area contributed by atoms with Gasteiger partial charge in [-0.2, -0.15) is 5.10 Å². The van der Waals surface area contributed by atoms with Crippen LogP contribution < -0.4 is 5.73 Å². The van der Waals surface area contributed by atoms with E-state index in [1.165, 1.54) is 23.0 Å². The van der Waals surface area contributed by atoms with Crippen molar-refractivity contribution in [1.82, 2.24) is 14.7 Å². The average Bonchev–Trinajstić information content (AvgIpc) is 3.15. The molecule has 1 unspecified atom stereocenters. The monoisotopic (exact) mass is 392 g/mol. The highest BCUT2D eigenvalue weighted by Gasteiger charge is 2.31. The summed E-state index contributed by atoms with van der Waals surface area (Å²) in [5.41, 5.74) is 7.69. The summed E-state index contributed by atoms with van der Waals surface area (Å²) in [5.74, 6) is -0.668. The molecule has 1 amide bonds. The Kier molecular flexibility index (Phi) is 5.12. The van der Waals surface area contributed by atoms with Crippen molar-refractivity contribution >= 4 is 17.5 Å². The van der Waals surface area contributed by atoms with E-state index >= 15 is 0 Å². The molecule has 0 radical (unpaired) electrons. The van der Waals surface area contributed by atoms with Gasteiger partial charge < -0.3 is 10.6 Å². The number of amides is 1. The fourth-order valence-electron chi connectivity index (χ4n) is 3.69. The molecule has 0 bridgehead atoms. The van der Waals surface area contributed by atoms with E-state index in [1.54, 1.807) is 29.2 Å². The Hall–Kier alpha value is -3.48. The number of halogens is 1. The van der Waals surface area contributed by atoms with E-state index in [4.69, 9.17) is 5.73 Å². The first kappa shape index (κ1) is 18.9. The highest BCUT2D eigenvalue weighted by atomic mass is 19.1. The van der Waals surface area contributed by atoms with Gasteiger partial charge in [-0.25, -0.2) is 9.07 Å². The number of anilines is 1. The normalized spacial score (nSPS) is 16.6. The van der Waals surface area contributed by atoms with Gasteiger partial charge in [-0.05, 0) is 49.2 Å². The molecule has 1 atom stereocenters. The second kappa shape index (κ2) is 7.87. The third-order valence-corrected chi connectivity index (χ3v) is 5.24. The number of hydrogen-bond donors (Lipinski definition) is 1. The molecule has 4 rings (SSSR count). The highest BCUT2D eigenvalue weighted by molar-refractivity contribution is 6.02. The molecule has 1 aliphatic rings. The van der Waals surface area contributed by atoms with Gasteiger partial charge in [-0.1, -0.05) is 18.2 Å². The van der Waals surface area contributed by atoms with Crippen molar-refractivity contribution in [2.24, 2.45) is 5.92 Å². The first-order valence-electron chi connectivity index (χ1n) is 9.52. The molecule has 1 fully saturated rings. The molecule has 2 heterocycles. The number of nitrogen functional groups attached to an aromatic ring is 1. The molecule has 0 aliphatic carbocycles. The van der Waals surface area contributed by atoms with Crippen LogP contribution in [0.1, 0.15) is 33.6 Å². The van der Waals surface area contributed by atoms with Crippen LogP contribution in [0.15, 0.2) is 60.8 Å². The second-order valence-electron chi connectivity index (χ2n) is 7.15. The summed E-state index contributed by atoms with van der Waals surface area (Å²) >= 11 is 0. The maximum Gasteiger partial charge on any atom is 0.253 e. The molecule has 148 valence electrons. The van der Waals surface area contributed by atoms with Gasteiger partial charge in [0.25, 0.3) is 5.91 Å². The first-order chi connectivity index (χ1) is 14.0. The summed E-state index contributed by atoms with van der Waals surface area (Å²) in [7, 11) is 0. The number of rotatable bonds is 4. The standard InChI is InChI=1S/C22H21FN4O2/c23-17-8-10-18(11-9-17)27-21(24)19(13-25-27)20(28)16-7-4-12-26(14-16)22(29)15-5-2-1-3-6-15/h1-3,5-6,8-11,13,16H,4,7,12,14,24H2. The van der Waals surface area contributed by atoms with Crippen LogP contribution in [0.4, 0.5) is 10.2 Å². The molecular formula is C22H21FN4O2. The van der Waals surface area contributed by atoms with Crippen LogP contribution in [0.2, 0.25) is 0 Å². The number of Topliss-reactive ketones (excluding diaryl/α,β-unsaturated/α-hetero) is 1. The minimum atomic E-state index is -0.360. The molecule has 7 heteroatoms. The molecule has 29 heavy (non-hydrogen) atoms. The predicted molar refractivity (Wildman–Crippen MR) is 107 cm³/mol. The van der Waals surface area contributed by atoms with E-state index in [2.05, 4.69) is 5.10 Å². The van der Waals surface area contributed by atoms with Gasteiger partial charge in [0.15, 0.2) is 5.78 Å². The van der Waals surface area contributed by atoms with E-state index in [0.29, 0.717) is 36.3 Å². The zero-order valence-corrected chi connectivity index (χ0v) is 15.8. The van der Waals surface area contributed by atoms with Crippen molar-refractivity contribution in [2.75, 3.05) is 18.8 Å². The van der Waals surface area contributed by atoms with Gasteiger partial charge in [-0.15, -0.1) is 0 Å². The van der Waals surface area contributed by atoms with Gasteiger partial charge in [0, 0.05) is 24.6 Å². The van der Waals surface area contributed by atoms with Crippen LogP contribution in [0.25, 0.3) is 5.69 Å². The van der Waals surface area contributed by atoms with Crippen LogP contribution >= 0.6 is 0 Å².